The average Bonchev–Trinajstić information content (AvgIpc) is 2.12. The SMILES string of the molecule is CCCCCCC(Br)(CC)C(=O)O. The number of aliphatic carboxylic acids is 1. The Kier molecular flexibility index (Phi) is 6.39. The second-order valence-electron chi connectivity index (χ2n) is 3.43. The molecule has 0 saturated heterocycles. The van der Waals surface area contributed by atoms with Crippen LogP contribution in [0.4, 0.5) is 0 Å². The minimum Gasteiger partial charge on any atom is -0.480 e. The molecule has 0 aromatic carbocycles. The van der Waals surface area contributed by atoms with Gasteiger partial charge in [-0.2, -0.15) is 0 Å². The van der Waals surface area contributed by atoms with Crippen molar-refractivity contribution in [3.63, 3.8) is 0 Å². The first kappa shape index (κ1) is 12.9. The molecule has 78 valence electrons. The lowest BCUT2D eigenvalue weighted by Crippen LogP contribution is -2.30. The van der Waals surface area contributed by atoms with E-state index < -0.39 is 10.3 Å². The number of carboxylic acids is 1. The Labute approximate surface area is 88.8 Å². The summed E-state index contributed by atoms with van der Waals surface area (Å²) >= 11 is 3.30. The largest absolute Gasteiger partial charge is 0.480 e. The number of hydrogen-bond acceptors (Lipinski definition) is 1. The molecule has 0 aromatic rings. The van der Waals surface area contributed by atoms with Crippen LogP contribution in [0.3, 0.4) is 0 Å². The maximum atomic E-state index is 10.9. The van der Waals surface area contributed by atoms with Gasteiger partial charge in [0.2, 0.25) is 0 Å². The third-order valence-electron chi connectivity index (χ3n) is 2.37. The van der Waals surface area contributed by atoms with Gasteiger partial charge < -0.3 is 5.11 Å². The summed E-state index contributed by atoms with van der Waals surface area (Å²) in [6.45, 7) is 4.06. The summed E-state index contributed by atoms with van der Waals surface area (Å²) < 4.78 is -0.680. The van der Waals surface area contributed by atoms with Crippen LogP contribution in [0.1, 0.15) is 52.4 Å². The molecular weight excluding hydrogens is 232 g/mol. The van der Waals surface area contributed by atoms with Crippen molar-refractivity contribution in [3.8, 4) is 0 Å². The van der Waals surface area contributed by atoms with E-state index in [2.05, 4.69) is 22.9 Å². The molecule has 0 heterocycles. The molecule has 0 amide bonds. The Balaban J connectivity index is 3.78. The zero-order valence-corrected chi connectivity index (χ0v) is 10.1. The second-order valence-corrected chi connectivity index (χ2v) is 4.95. The highest BCUT2D eigenvalue weighted by Gasteiger charge is 2.32. The second kappa shape index (κ2) is 6.41. The monoisotopic (exact) mass is 250 g/mol. The molecule has 1 unspecified atom stereocenters. The number of hydrogen-bond donors (Lipinski definition) is 1. The Hall–Kier alpha value is -0.0500. The van der Waals surface area contributed by atoms with Gasteiger partial charge in [-0.1, -0.05) is 55.5 Å². The first-order valence-electron chi connectivity index (χ1n) is 4.99. The van der Waals surface area contributed by atoms with Gasteiger partial charge in [0.1, 0.15) is 4.32 Å². The van der Waals surface area contributed by atoms with Crippen molar-refractivity contribution in [2.75, 3.05) is 0 Å². The molecule has 0 rings (SSSR count). The molecule has 1 N–H and O–H groups in total. The lowest BCUT2D eigenvalue weighted by atomic mass is 9.98. The van der Waals surface area contributed by atoms with Gasteiger partial charge in [0.25, 0.3) is 0 Å². The maximum absolute atomic E-state index is 10.9. The fourth-order valence-corrected chi connectivity index (χ4v) is 1.55. The molecular formula is C10H19BrO2. The van der Waals surface area contributed by atoms with Gasteiger partial charge in [0.05, 0.1) is 0 Å². The van der Waals surface area contributed by atoms with E-state index in [1.165, 1.54) is 12.8 Å². The molecule has 0 radical (unpaired) electrons. The maximum Gasteiger partial charge on any atom is 0.320 e. The van der Waals surface area contributed by atoms with Crippen LogP contribution in [0.5, 0.6) is 0 Å². The Morgan fingerprint density at radius 1 is 1.31 bits per heavy atom. The van der Waals surface area contributed by atoms with Gasteiger partial charge in [0.15, 0.2) is 0 Å². The van der Waals surface area contributed by atoms with Crippen LogP contribution < -0.4 is 0 Å². The number of halogens is 1. The highest BCUT2D eigenvalue weighted by atomic mass is 79.9. The molecule has 0 spiro atoms. The van der Waals surface area contributed by atoms with Gasteiger partial charge in [-0.05, 0) is 12.8 Å². The van der Waals surface area contributed by atoms with E-state index in [0.29, 0.717) is 6.42 Å². The molecule has 0 aromatic heterocycles. The van der Waals surface area contributed by atoms with Crippen LogP contribution in [-0.2, 0) is 4.79 Å². The lowest BCUT2D eigenvalue weighted by molar-refractivity contribution is -0.139. The van der Waals surface area contributed by atoms with E-state index in [9.17, 15) is 4.79 Å². The summed E-state index contributed by atoms with van der Waals surface area (Å²) in [6.07, 6.45) is 5.91. The predicted octanol–water partition coefficient (Wildman–Crippen LogP) is 3.59. The van der Waals surface area contributed by atoms with Gasteiger partial charge in [0, 0.05) is 0 Å². The van der Waals surface area contributed by atoms with E-state index in [1.54, 1.807) is 0 Å². The third-order valence-corrected chi connectivity index (χ3v) is 3.67. The molecule has 1 atom stereocenters. The number of carbonyl (C=O) groups is 1. The van der Waals surface area contributed by atoms with E-state index in [-0.39, 0.29) is 0 Å². The van der Waals surface area contributed by atoms with E-state index in [1.807, 2.05) is 6.92 Å². The zero-order valence-electron chi connectivity index (χ0n) is 8.48. The molecule has 2 nitrogen and oxygen atoms in total. The predicted molar refractivity (Wildman–Crippen MR) is 58.3 cm³/mol. The van der Waals surface area contributed by atoms with Crippen LogP contribution in [0.2, 0.25) is 0 Å². The topological polar surface area (TPSA) is 37.3 Å². The van der Waals surface area contributed by atoms with Gasteiger partial charge in [-0.3, -0.25) is 4.79 Å². The van der Waals surface area contributed by atoms with Gasteiger partial charge in [-0.25, -0.2) is 0 Å². The van der Waals surface area contributed by atoms with Crippen molar-refractivity contribution in [2.24, 2.45) is 0 Å². The number of alkyl halides is 1. The molecule has 0 aliphatic heterocycles. The van der Waals surface area contributed by atoms with Gasteiger partial charge >= 0.3 is 5.97 Å². The summed E-state index contributed by atoms with van der Waals surface area (Å²) in [4.78, 5) is 10.9. The van der Waals surface area contributed by atoms with Crippen LogP contribution >= 0.6 is 15.9 Å². The van der Waals surface area contributed by atoms with Crippen LogP contribution in [0.25, 0.3) is 0 Å². The number of rotatable bonds is 7. The first-order chi connectivity index (χ1) is 6.06. The first-order valence-corrected chi connectivity index (χ1v) is 5.78. The zero-order chi connectivity index (χ0) is 10.3. The number of carboxylic acid groups (broad SMARTS) is 1. The lowest BCUT2D eigenvalue weighted by Gasteiger charge is -2.20. The van der Waals surface area contributed by atoms with E-state index in [4.69, 9.17) is 5.11 Å². The molecule has 3 heteroatoms. The molecule has 13 heavy (non-hydrogen) atoms. The van der Waals surface area contributed by atoms with Crippen LogP contribution in [0.15, 0.2) is 0 Å². The standard InChI is InChI=1S/C10H19BrO2/c1-3-5-6-7-8-10(11,4-2)9(12)13/h3-8H2,1-2H3,(H,12,13). The highest BCUT2D eigenvalue weighted by Crippen LogP contribution is 2.29. The highest BCUT2D eigenvalue weighted by molar-refractivity contribution is 9.10. The third kappa shape index (κ3) is 4.65. The van der Waals surface area contributed by atoms with Crippen LogP contribution in [-0.4, -0.2) is 15.4 Å². The smallest absolute Gasteiger partial charge is 0.320 e. The summed E-state index contributed by atoms with van der Waals surface area (Å²) in [5.74, 6) is -0.730. The Morgan fingerprint density at radius 3 is 2.31 bits per heavy atom. The summed E-state index contributed by atoms with van der Waals surface area (Å²) in [5, 5.41) is 8.94. The van der Waals surface area contributed by atoms with Crippen molar-refractivity contribution in [1.82, 2.24) is 0 Å². The quantitative estimate of drug-likeness (QED) is 0.554. The normalized spacial score (nSPS) is 15.3. The fraction of sp³-hybridized carbons (Fsp3) is 0.900. The van der Waals surface area contributed by atoms with Crippen molar-refractivity contribution in [3.05, 3.63) is 0 Å². The molecule has 0 saturated carbocycles. The number of unbranched alkanes of at least 4 members (excludes halogenated alkanes) is 3. The van der Waals surface area contributed by atoms with Gasteiger partial charge in [-0.15, -0.1) is 0 Å². The van der Waals surface area contributed by atoms with E-state index >= 15 is 0 Å². The van der Waals surface area contributed by atoms with Crippen molar-refractivity contribution in [1.29, 1.82) is 0 Å². The van der Waals surface area contributed by atoms with Crippen molar-refractivity contribution in [2.45, 2.75) is 56.7 Å². The van der Waals surface area contributed by atoms with Crippen molar-refractivity contribution >= 4 is 21.9 Å². The molecule has 0 bridgehead atoms. The minimum atomic E-state index is -0.730. The summed E-state index contributed by atoms with van der Waals surface area (Å²) in [6, 6.07) is 0. The van der Waals surface area contributed by atoms with Crippen LogP contribution in [0, 0.1) is 0 Å². The minimum absolute atomic E-state index is 0.647. The molecule has 0 aliphatic rings. The Morgan fingerprint density at radius 2 is 1.92 bits per heavy atom. The molecule has 0 aliphatic carbocycles. The van der Waals surface area contributed by atoms with E-state index in [0.717, 1.165) is 19.3 Å². The molecule has 0 fully saturated rings. The van der Waals surface area contributed by atoms with Crippen molar-refractivity contribution < 1.29 is 9.90 Å². The average molecular weight is 251 g/mol. The Bertz CT molecular complexity index is 159. The summed E-state index contributed by atoms with van der Waals surface area (Å²) in [7, 11) is 0. The fourth-order valence-electron chi connectivity index (χ4n) is 1.27. The summed E-state index contributed by atoms with van der Waals surface area (Å²) in [5.41, 5.74) is 0.